The van der Waals surface area contributed by atoms with Crippen molar-refractivity contribution in [1.29, 1.82) is 0 Å². The van der Waals surface area contributed by atoms with Crippen LogP contribution in [0.1, 0.15) is 31.2 Å². The van der Waals surface area contributed by atoms with Crippen LogP contribution >= 0.6 is 11.3 Å². The molecule has 1 heterocycles. The van der Waals surface area contributed by atoms with Crippen molar-refractivity contribution in [2.75, 3.05) is 46.8 Å². The molecule has 0 amide bonds. The van der Waals surface area contributed by atoms with E-state index in [1.165, 1.54) is 23.5 Å². The van der Waals surface area contributed by atoms with Crippen molar-refractivity contribution in [3.63, 3.8) is 0 Å². The molecule has 2 saturated carbocycles. The number of non-ortho nitro benzene ring substituents is 2. The summed E-state index contributed by atoms with van der Waals surface area (Å²) in [6.45, 7) is 1.09. The molecule has 1 aromatic heterocycles. The number of carbonyl (C=O) groups excluding carboxylic acids is 1. The molecule has 3 aliphatic rings. The summed E-state index contributed by atoms with van der Waals surface area (Å²) >= 11 is 1.37. The molecule has 0 unspecified atom stereocenters. The van der Waals surface area contributed by atoms with Gasteiger partial charge in [-0.1, -0.05) is 6.08 Å². The van der Waals surface area contributed by atoms with Crippen molar-refractivity contribution < 1.29 is 55.6 Å². The molecule has 6 rings (SSSR count). The van der Waals surface area contributed by atoms with Gasteiger partial charge < -0.3 is 18.9 Å². The summed E-state index contributed by atoms with van der Waals surface area (Å²) in [6, 6.07) is 7.81. The number of nitro groups is 3. The smallest absolute Gasteiger partial charge is 0.460 e. The summed E-state index contributed by atoms with van der Waals surface area (Å²) in [5.41, 5.74) is -1.56. The number of fused-ring (bicyclic) bond motifs is 3. The summed E-state index contributed by atoms with van der Waals surface area (Å²) < 4.78 is 21.0. The van der Waals surface area contributed by atoms with Crippen LogP contribution in [0.5, 0.6) is 0 Å². The molecule has 14 nitrogen and oxygen atoms in total. The Morgan fingerprint density at radius 2 is 1.24 bits per heavy atom. The fraction of sp³-hybridized carbons (Fsp3) is 0.184. The second-order valence-electron chi connectivity index (χ2n) is 11.2. The number of methoxy groups -OCH3 is 1. The van der Waals surface area contributed by atoms with Crippen molar-refractivity contribution in [2.24, 2.45) is 0 Å². The monoisotopic (exact) mass is 795 g/mol. The summed E-state index contributed by atoms with van der Waals surface area (Å²) in [7, 11) is 1.55. The third-order valence-corrected chi connectivity index (χ3v) is 8.77. The van der Waals surface area contributed by atoms with Crippen LogP contribution in [0, 0.1) is 94.0 Å². The first-order valence-electron chi connectivity index (χ1n) is 16.2. The first kappa shape index (κ1) is 42.4. The van der Waals surface area contributed by atoms with Crippen LogP contribution in [-0.4, -0.2) is 67.5 Å². The standard InChI is InChI=1S/C33H28N3O11S.C5H5.Fe/c1-44-10-11-45-12-13-46-14-15-47-33(37)29-18-22(34(38)39)16-27-26(20-25-9-8-24(48-25)7-6-21-4-2-3-5-21)28-17-23(35(40)41)19-30(36(42)43)32(28)31(27)29;1-2-4-5-3-1;/h2-9,16-20H,10-15H2,1H3;1-5H;/q;;+2/b7-6+,26-20-;;. The van der Waals surface area contributed by atoms with E-state index in [1.54, 1.807) is 19.3 Å². The minimum Gasteiger partial charge on any atom is -0.460 e. The van der Waals surface area contributed by atoms with Crippen molar-refractivity contribution in [2.45, 2.75) is 0 Å². The van der Waals surface area contributed by atoms with Crippen LogP contribution in [0.3, 0.4) is 0 Å². The maximum absolute atomic E-state index is 13.4. The Labute approximate surface area is 327 Å². The molecule has 0 aliphatic heterocycles. The Morgan fingerprint density at radius 3 is 1.83 bits per heavy atom. The van der Waals surface area contributed by atoms with Gasteiger partial charge in [-0.2, -0.15) is 0 Å². The number of rotatable bonds is 16. The van der Waals surface area contributed by atoms with E-state index in [1.807, 2.05) is 76.0 Å². The van der Waals surface area contributed by atoms with Gasteiger partial charge in [0.15, 0.2) is 0 Å². The molecular weight excluding hydrogens is 762 g/mol. The SMILES string of the molecule is COCCOCCOCCOC(=O)c1cc([N+](=O)[O-])cc2c1-c1c(cc([N+](=O)[O-])cc1[N+](=O)[O-])/C2=C\c1ccc(/C=C/[C]2[CH][CH][CH][CH]2)s1.[CH]1[CH][CH][CH][CH]1.[Fe+2]. The Balaban J connectivity index is 0.000001000. The third-order valence-electron chi connectivity index (χ3n) is 7.78. The molecule has 0 atom stereocenters. The van der Waals surface area contributed by atoms with Crippen LogP contribution < -0.4 is 0 Å². The minimum absolute atomic E-state index is 0. The van der Waals surface area contributed by atoms with Crippen molar-refractivity contribution in [1.82, 2.24) is 0 Å². The molecule has 16 heteroatoms. The minimum atomic E-state index is -0.981. The zero-order chi connectivity index (χ0) is 37.7. The van der Waals surface area contributed by atoms with Gasteiger partial charge in [0.1, 0.15) is 6.61 Å². The van der Waals surface area contributed by atoms with E-state index >= 15 is 0 Å². The van der Waals surface area contributed by atoms with Crippen LogP contribution in [0.4, 0.5) is 17.1 Å². The van der Waals surface area contributed by atoms with E-state index in [9.17, 15) is 35.1 Å². The van der Waals surface area contributed by atoms with Crippen LogP contribution in [0.15, 0.2) is 42.5 Å². The average molecular weight is 796 g/mol. The largest absolute Gasteiger partial charge is 2.00 e. The first-order chi connectivity index (χ1) is 25.7. The predicted octanol–water partition coefficient (Wildman–Crippen LogP) is 7.32. The van der Waals surface area contributed by atoms with Gasteiger partial charge >= 0.3 is 23.0 Å². The number of nitro benzene ring substituents is 3. The fourth-order valence-electron chi connectivity index (χ4n) is 5.42. The molecule has 10 radical (unpaired) electrons. The predicted molar refractivity (Wildman–Crippen MR) is 198 cm³/mol. The van der Waals surface area contributed by atoms with E-state index in [0.717, 1.165) is 22.9 Å². The number of hydrogen-bond acceptors (Lipinski definition) is 12. The van der Waals surface area contributed by atoms with Crippen LogP contribution in [0.25, 0.3) is 28.9 Å². The third kappa shape index (κ3) is 11.1. The number of esters is 1. The zero-order valence-corrected chi connectivity index (χ0v) is 30.6. The van der Waals surface area contributed by atoms with Gasteiger partial charge in [0, 0.05) is 52.1 Å². The maximum Gasteiger partial charge on any atom is 2.00 e. The number of thiophene rings is 1. The molecule has 54 heavy (non-hydrogen) atoms. The van der Waals surface area contributed by atoms with Crippen molar-refractivity contribution in [3.05, 3.63) is 163 Å². The van der Waals surface area contributed by atoms with Crippen LogP contribution in [0.2, 0.25) is 0 Å². The Bertz CT molecular complexity index is 1860. The number of benzene rings is 2. The first-order valence-corrected chi connectivity index (χ1v) is 17.0. The molecule has 0 N–H and O–H groups in total. The van der Waals surface area contributed by atoms with Crippen molar-refractivity contribution in [3.8, 4) is 11.1 Å². The second kappa shape index (κ2) is 21.0. The molecule has 278 valence electrons. The van der Waals surface area contributed by atoms with Gasteiger partial charge in [0.05, 0.1) is 65.0 Å². The summed E-state index contributed by atoms with van der Waals surface area (Å²) in [5.74, 6) is 0.0256. The van der Waals surface area contributed by atoms with Gasteiger partial charge in [-0.25, -0.2) is 4.79 Å². The van der Waals surface area contributed by atoms with E-state index in [-0.39, 0.29) is 76.9 Å². The Hall–Kier alpha value is -4.31. The number of carbonyl (C=O) groups is 1. The van der Waals surface area contributed by atoms with Gasteiger partial charge in [-0.05, 0) is 93.2 Å². The van der Waals surface area contributed by atoms with Gasteiger partial charge in [0.25, 0.3) is 17.1 Å². The topological polar surface area (TPSA) is 183 Å². The number of ether oxygens (including phenoxy) is 4. The Kier molecular flexibility index (Phi) is 16.5. The molecule has 3 aromatic rings. The van der Waals surface area contributed by atoms with E-state index in [2.05, 4.69) is 0 Å². The summed E-state index contributed by atoms with van der Waals surface area (Å²) in [4.78, 5) is 48.9. The van der Waals surface area contributed by atoms with Gasteiger partial charge in [0.2, 0.25) is 0 Å². The molecule has 0 spiro atoms. The normalized spacial score (nSPS) is 15.4. The quantitative estimate of drug-likeness (QED) is 0.0364. The maximum atomic E-state index is 13.4. The molecular formula is C38H33FeN3O11S+2. The fourth-order valence-corrected chi connectivity index (χ4v) is 6.28. The van der Waals surface area contributed by atoms with Gasteiger partial charge in [-0.3, -0.25) is 30.3 Å². The molecule has 2 aromatic carbocycles. The molecule has 3 aliphatic carbocycles. The van der Waals surface area contributed by atoms with Gasteiger partial charge in [-0.15, -0.1) is 11.3 Å². The number of nitrogens with zero attached hydrogens (tertiary/aromatic N) is 3. The van der Waals surface area contributed by atoms with Crippen molar-refractivity contribution >= 4 is 52.1 Å². The Morgan fingerprint density at radius 1 is 0.685 bits per heavy atom. The molecule has 0 bridgehead atoms. The average Bonchev–Trinajstić information content (AvgIpc) is 3.99. The molecule has 2 fully saturated rings. The van der Waals surface area contributed by atoms with Crippen LogP contribution in [-0.2, 0) is 36.0 Å². The summed E-state index contributed by atoms with van der Waals surface area (Å²) in [5, 5.41) is 36.2. The zero-order valence-electron chi connectivity index (χ0n) is 28.7. The summed E-state index contributed by atoms with van der Waals surface area (Å²) in [6.07, 6.45) is 23.2. The van der Waals surface area contributed by atoms with E-state index in [4.69, 9.17) is 18.9 Å². The number of allylic oxidation sites excluding steroid dienone is 1. The second-order valence-corrected chi connectivity index (χ2v) is 12.4. The van der Waals surface area contributed by atoms with E-state index < -0.39 is 37.8 Å². The van der Waals surface area contributed by atoms with E-state index in [0.29, 0.717) is 18.1 Å². The number of hydrogen-bond donors (Lipinski definition) is 0. The molecule has 0 saturated heterocycles.